The first-order chi connectivity index (χ1) is 13.5. The lowest BCUT2D eigenvalue weighted by Crippen LogP contribution is -2.46. The Balaban J connectivity index is 1.58. The van der Waals surface area contributed by atoms with Crippen molar-refractivity contribution in [2.24, 2.45) is 0 Å². The van der Waals surface area contributed by atoms with E-state index in [9.17, 15) is 9.59 Å². The summed E-state index contributed by atoms with van der Waals surface area (Å²) in [6.07, 6.45) is -1.23. The number of amides is 1. The van der Waals surface area contributed by atoms with Crippen molar-refractivity contribution in [3.05, 3.63) is 64.4 Å². The van der Waals surface area contributed by atoms with E-state index >= 15 is 0 Å². The predicted octanol–water partition coefficient (Wildman–Crippen LogP) is 2.84. The molecule has 0 radical (unpaired) electrons. The molecule has 2 aromatic carbocycles. The number of H-pyrrole nitrogens is 1. The molecule has 0 saturated heterocycles. The Morgan fingerprint density at radius 3 is 2.64 bits per heavy atom. The fourth-order valence-corrected chi connectivity index (χ4v) is 3.30. The number of carbonyl (C=O) groups is 1. The molecule has 1 amide bonds. The van der Waals surface area contributed by atoms with Gasteiger partial charge in [0.1, 0.15) is 6.10 Å². The Morgan fingerprint density at radius 1 is 1.14 bits per heavy atom. The van der Waals surface area contributed by atoms with Crippen LogP contribution in [0.4, 0.5) is 5.69 Å². The Hall–Kier alpha value is -3.32. The number of rotatable bonds is 4. The number of methoxy groups -OCH3 is 1. The van der Waals surface area contributed by atoms with Crippen molar-refractivity contribution < 1.29 is 19.0 Å². The number of nitrogens with one attached hydrogen (secondary N) is 2. The molecule has 7 heteroatoms. The molecule has 4 rings (SSSR count). The van der Waals surface area contributed by atoms with Crippen LogP contribution in [0.1, 0.15) is 12.5 Å². The number of anilines is 1. The highest BCUT2D eigenvalue weighted by atomic mass is 16.6. The van der Waals surface area contributed by atoms with E-state index in [1.807, 2.05) is 18.2 Å². The van der Waals surface area contributed by atoms with Crippen LogP contribution < -0.4 is 20.3 Å². The lowest BCUT2D eigenvalue weighted by atomic mass is 10.1. The van der Waals surface area contributed by atoms with E-state index in [1.165, 1.54) is 6.07 Å². The van der Waals surface area contributed by atoms with Crippen molar-refractivity contribution in [3.8, 4) is 11.5 Å². The van der Waals surface area contributed by atoms with E-state index in [0.717, 1.165) is 10.9 Å². The van der Waals surface area contributed by atoms with E-state index in [1.54, 1.807) is 38.3 Å². The third kappa shape index (κ3) is 3.44. The van der Waals surface area contributed by atoms with Crippen LogP contribution in [0, 0.1) is 0 Å². The van der Waals surface area contributed by atoms with Crippen LogP contribution >= 0.6 is 0 Å². The molecule has 144 valence electrons. The second kappa shape index (κ2) is 7.36. The van der Waals surface area contributed by atoms with Gasteiger partial charge in [-0.1, -0.05) is 18.2 Å². The normalized spacial score (nSPS) is 18.1. The molecule has 28 heavy (non-hydrogen) atoms. The molecule has 0 bridgehead atoms. The van der Waals surface area contributed by atoms with Gasteiger partial charge in [-0.15, -0.1) is 0 Å². The molecule has 0 fully saturated rings. The summed E-state index contributed by atoms with van der Waals surface area (Å²) in [5.41, 5.74) is 1.74. The predicted molar refractivity (Wildman–Crippen MR) is 105 cm³/mol. The summed E-state index contributed by atoms with van der Waals surface area (Å²) in [6.45, 7) is 2.12. The van der Waals surface area contributed by atoms with Gasteiger partial charge >= 0.3 is 0 Å². The van der Waals surface area contributed by atoms with Crippen LogP contribution in [0.5, 0.6) is 11.5 Å². The highest BCUT2D eigenvalue weighted by Crippen LogP contribution is 2.33. The molecule has 2 unspecified atom stereocenters. The molecule has 1 aromatic heterocycles. The molecule has 0 spiro atoms. The third-order valence-corrected chi connectivity index (χ3v) is 4.60. The van der Waals surface area contributed by atoms with Crippen molar-refractivity contribution in [2.75, 3.05) is 12.4 Å². The Morgan fingerprint density at radius 2 is 1.89 bits per heavy atom. The molecular weight excluding hydrogens is 360 g/mol. The smallest absolute Gasteiger partial charge is 0.269 e. The number of hydrogen-bond donors (Lipinski definition) is 2. The summed E-state index contributed by atoms with van der Waals surface area (Å²) in [5.74, 6) is 0.831. The van der Waals surface area contributed by atoms with Gasteiger partial charge in [0, 0.05) is 24.2 Å². The fourth-order valence-electron chi connectivity index (χ4n) is 3.30. The Bertz CT molecular complexity index is 1090. The monoisotopic (exact) mass is 380 g/mol. The maximum absolute atomic E-state index is 12.8. The standard InChI is InChI=1S/C21H20N2O5/c1-12-20(28-18-6-4-3-5-17(18)27-12)21(25)22-14-7-8-15-13(11-26-2)9-19(24)23-16(15)10-14/h3-10,12,20H,11H2,1-2H3,(H,22,25)(H,23,24). The summed E-state index contributed by atoms with van der Waals surface area (Å²) >= 11 is 0. The van der Waals surface area contributed by atoms with Crippen LogP contribution in [0.2, 0.25) is 0 Å². The number of fused-ring (bicyclic) bond motifs is 2. The molecule has 0 aliphatic carbocycles. The minimum Gasteiger partial charge on any atom is -0.482 e. The zero-order chi connectivity index (χ0) is 19.7. The quantitative estimate of drug-likeness (QED) is 0.726. The first-order valence-electron chi connectivity index (χ1n) is 8.93. The zero-order valence-corrected chi connectivity index (χ0v) is 15.5. The molecule has 2 atom stereocenters. The average Bonchev–Trinajstić information content (AvgIpc) is 2.67. The molecule has 1 aliphatic heterocycles. The summed E-state index contributed by atoms with van der Waals surface area (Å²) in [4.78, 5) is 27.4. The summed E-state index contributed by atoms with van der Waals surface area (Å²) in [6, 6.07) is 14.1. The maximum atomic E-state index is 12.8. The van der Waals surface area contributed by atoms with Gasteiger partial charge in [0.25, 0.3) is 5.91 Å². The summed E-state index contributed by atoms with van der Waals surface area (Å²) in [5, 5.41) is 3.70. The Kier molecular flexibility index (Phi) is 4.75. The number of ether oxygens (including phenoxy) is 3. The largest absolute Gasteiger partial charge is 0.482 e. The first kappa shape index (κ1) is 18.1. The van der Waals surface area contributed by atoms with Crippen molar-refractivity contribution in [3.63, 3.8) is 0 Å². The van der Waals surface area contributed by atoms with Crippen LogP contribution in [-0.2, 0) is 16.1 Å². The molecule has 7 nitrogen and oxygen atoms in total. The highest BCUT2D eigenvalue weighted by Gasteiger charge is 2.34. The van der Waals surface area contributed by atoms with Gasteiger partial charge in [-0.3, -0.25) is 9.59 Å². The summed E-state index contributed by atoms with van der Waals surface area (Å²) < 4.78 is 16.8. The van der Waals surface area contributed by atoms with Crippen LogP contribution in [-0.4, -0.2) is 30.2 Å². The lowest BCUT2D eigenvalue weighted by molar-refractivity contribution is -0.128. The van der Waals surface area contributed by atoms with Crippen LogP contribution in [0.15, 0.2) is 53.3 Å². The molecule has 2 N–H and O–H groups in total. The SMILES string of the molecule is COCc1cc(=O)[nH]c2cc(NC(=O)C3Oc4ccccc4OC3C)ccc12. The van der Waals surface area contributed by atoms with Gasteiger partial charge in [0.15, 0.2) is 11.5 Å². The van der Waals surface area contributed by atoms with Gasteiger partial charge in [-0.25, -0.2) is 0 Å². The second-order valence-electron chi connectivity index (χ2n) is 6.65. The van der Waals surface area contributed by atoms with E-state index < -0.39 is 12.2 Å². The number of hydrogen-bond acceptors (Lipinski definition) is 5. The van der Waals surface area contributed by atoms with Crippen LogP contribution in [0.25, 0.3) is 10.9 Å². The van der Waals surface area contributed by atoms with Gasteiger partial charge in [-0.05, 0) is 36.8 Å². The molecule has 2 heterocycles. The zero-order valence-electron chi connectivity index (χ0n) is 15.5. The topological polar surface area (TPSA) is 89.7 Å². The minimum absolute atomic E-state index is 0.225. The van der Waals surface area contributed by atoms with Crippen molar-refractivity contribution >= 4 is 22.5 Å². The molecular formula is C21H20N2O5. The second-order valence-corrected chi connectivity index (χ2v) is 6.65. The molecule has 0 saturated carbocycles. The third-order valence-electron chi connectivity index (χ3n) is 4.60. The van der Waals surface area contributed by atoms with Gasteiger partial charge in [-0.2, -0.15) is 0 Å². The van der Waals surface area contributed by atoms with Gasteiger partial charge in [0.05, 0.1) is 12.1 Å². The van der Waals surface area contributed by atoms with E-state index in [-0.39, 0.29) is 11.5 Å². The minimum atomic E-state index is -0.788. The van der Waals surface area contributed by atoms with Crippen molar-refractivity contribution in [2.45, 2.75) is 25.7 Å². The average molecular weight is 380 g/mol. The number of carbonyl (C=O) groups excluding carboxylic acids is 1. The van der Waals surface area contributed by atoms with Gasteiger partial charge < -0.3 is 24.5 Å². The maximum Gasteiger partial charge on any atom is 0.269 e. The number of benzene rings is 2. The van der Waals surface area contributed by atoms with Crippen molar-refractivity contribution in [1.82, 2.24) is 4.98 Å². The molecule has 3 aromatic rings. The summed E-state index contributed by atoms with van der Waals surface area (Å²) in [7, 11) is 1.58. The number of para-hydroxylation sites is 2. The molecule has 1 aliphatic rings. The lowest BCUT2D eigenvalue weighted by Gasteiger charge is -2.31. The van der Waals surface area contributed by atoms with Crippen LogP contribution in [0.3, 0.4) is 0 Å². The number of pyridine rings is 1. The van der Waals surface area contributed by atoms with E-state index in [0.29, 0.717) is 29.3 Å². The fraction of sp³-hybridized carbons (Fsp3) is 0.238. The van der Waals surface area contributed by atoms with E-state index in [4.69, 9.17) is 14.2 Å². The van der Waals surface area contributed by atoms with Crippen molar-refractivity contribution in [1.29, 1.82) is 0 Å². The highest BCUT2D eigenvalue weighted by molar-refractivity contribution is 5.97. The van der Waals surface area contributed by atoms with Gasteiger partial charge in [0.2, 0.25) is 11.7 Å². The van der Waals surface area contributed by atoms with E-state index in [2.05, 4.69) is 10.3 Å². The Labute approximate surface area is 161 Å². The number of aromatic nitrogens is 1. The first-order valence-corrected chi connectivity index (χ1v) is 8.93. The number of aromatic amines is 1.